The third-order valence-corrected chi connectivity index (χ3v) is 7.14. The highest BCUT2D eigenvalue weighted by Crippen LogP contribution is 2.45. The van der Waals surface area contributed by atoms with Gasteiger partial charge in [-0.2, -0.15) is 0 Å². The van der Waals surface area contributed by atoms with Crippen LogP contribution in [0.4, 0.5) is 10.1 Å². The van der Waals surface area contributed by atoms with Crippen molar-refractivity contribution < 1.29 is 43.9 Å². The summed E-state index contributed by atoms with van der Waals surface area (Å²) in [5, 5.41) is 37.2. The van der Waals surface area contributed by atoms with Gasteiger partial charge in [0, 0.05) is 31.4 Å². The highest BCUT2D eigenvalue weighted by atomic mass is 35.5. The molecule has 0 spiro atoms. The predicted octanol–water partition coefficient (Wildman–Crippen LogP) is 1.70. The maximum atomic E-state index is 15.3. The van der Waals surface area contributed by atoms with E-state index in [9.17, 15) is 24.3 Å². The highest BCUT2D eigenvalue weighted by molar-refractivity contribution is 5.97. The standard InChI is InChI=1S/C21H24FN3O4.C4H6O5.ClH/c1-29-20-17-13(19(26)14(21(27)28)9-25(17)12-4-5-12)7-15(22)18(20)24-8-11-3-2-6-23-16(11)10-24;5-2(4(8)9)1-3(6)7;/h7,9,11-12,16,23H,2-6,8,10H2,1H3,(H,27,28);2,5H,1H2,(H,6,7)(H,8,9);1H/t11-,16+;;/m0../s1. The minimum Gasteiger partial charge on any atom is -0.492 e. The quantitative estimate of drug-likeness (QED) is 0.326. The molecule has 1 saturated carbocycles. The molecule has 14 heteroatoms. The molecular formula is C25H31ClFN3O9. The van der Waals surface area contributed by atoms with Crippen LogP contribution in [0.1, 0.15) is 48.5 Å². The number of nitrogens with zero attached hydrogens (tertiary/aromatic N) is 2. The largest absolute Gasteiger partial charge is 0.492 e. The minimum atomic E-state index is -1.79. The molecule has 5 N–H and O–H groups in total. The molecular weight excluding hydrogens is 541 g/mol. The van der Waals surface area contributed by atoms with E-state index in [0.717, 1.165) is 38.8 Å². The maximum Gasteiger partial charge on any atom is 0.341 e. The van der Waals surface area contributed by atoms with E-state index >= 15 is 4.39 Å². The highest BCUT2D eigenvalue weighted by Gasteiger charge is 2.38. The number of hydrogen-bond donors (Lipinski definition) is 5. The number of carboxylic acids is 3. The van der Waals surface area contributed by atoms with Crippen LogP contribution in [-0.4, -0.2) is 81.8 Å². The van der Waals surface area contributed by atoms with Gasteiger partial charge in [-0.1, -0.05) is 0 Å². The number of rotatable bonds is 7. The number of nitrogens with one attached hydrogen (secondary N) is 1. The van der Waals surface area contributed by atoms with E-state index < -0.39 is 41.7 Å². The molecule has 39 heavy (non-hydrogen) atoms. The van der Waals surface area contributed by atoms with Crippen LogP contribution < -0.4 is 20.4 Å². The van der Waals surface area contributed by atoms with E-state index in [1.807, 2.05) is 4.90 Å². The number of carboxylic acid groups (broad SMARTS) is 3. The van der Waals surface area contributed by atoms with E-state index in [-0.39, 0.29) is 29.4 Å². The molecule has 3 fully saturated rings. The fourth-order valence-corrected chi connectivity index (χ4v) is 5.21. The zero-order valence-electron chi connectivity index (χ0n) is 21.1. The molecule has 1 unspecified atom stereocenters. The molecule has 3 aliphatic rings. The zero-order chi connectivity index (χ0) is 27.7. The van der Waals surface area contributed by atoms with Crippen molar-refractivity contribution in [2.24, 2.45) is 5.92 Å². The van der Waals surface area contributed by atoms with Gasteiger partial charge in [-0.05, 0) is 44.2 Å². The number of methoxy groups -OCH3 is 1. The van der Waals surface area contributed by atoms with Crippen molar-refractivity contribution in [3.05, 3.63) is 33.9 Å². The summed E-state index contributed by atoms with van der Waals surface area (Å²) in [6.07, 6.45) is 2.86. The number of fused-ring (bicyclic) bond motifs is 2. The summed E-state index contributed by atoms with van der Waals surface area (Å²) in [4.78, 5) is 45.8. The molecule has 2 saturated heterocycles. The molecule has 12 nitrogen and oxygen atoms in total. The number of halogens is 2. The van der Waals surface area contributed by atoms with Crippen LogP contribution >= 0.6 is 12.4 Å². The van der Waals surface area contributed by atoms with Gasteiger partial charge >= 0.3 is 17.9 Å². The van der Waals surface area contributed by atoms with Crippen molar-refractivity contribution in [3.8, 4) is 5.75 Å². The van der Waals surface area contributed by atoms with Crippen molar-refractivity contribution >= 4 is 46.9 Å². The molecule has 0 radical (unpaired) electrons. The summed E-state index contributed by atoms with van der Waals surface area (Å²) in [6, 6.07) is 1.62. The average Bonchev–Trinajstić information content (AvgIpc) is 3.61. The molecule has 3 heterocycles. The topological polar surface area (TPSA) is 179 Å². The minimum absolute atomic E-state index is 0. The number of ether oxygens (including phenoxy) is 1. The van der Waals surface area contributed by atoms with Gasteiger partial charge in [0.05, 0.1) is 24.4 Å². The molecule has 3 atom stereocenters. The van der Waals surface area contributed by atoms with E-state index in [1.165, 1.54) is 19.4 Å². The zero-order valence-corrected chi connectivity index (χ0v) is 21.9. The fourth-order valence-electron chi connectivity index (χ4n) is 5.21. The Morgan fingerprint density at radius 2 is 1.87 bits per heavy atom. The van der Waals surface area contributed by atoms with Crippen LogP contribution in [0.5, 0.6) is 5.75 Å². The van der Waals surface area contributed by atoms with Gasteiger partial charge in [-0.15, -0.1) is 12.4 Å². The molecule has 0 amide bonds. The van der Waals surface area contributed by atoms with E-state index in [2.05, 4.69) is 5.32 Å². The predicted molar refractivity (Wildman–Crippen MR) is 140 cm³/mol. The van der Waals surface area contributed by atoms with Crippen LogP contribution in [0, 0.1) is 11.7 Å². The Hall–Kier alpha value is -3.42. The lowest BCUT2D eigenvalue weighted by atomic mass is 9.94. The van der Waals surface area contributed by atoms with Crippen LogP contribution in [0.3, 0.4) is 0 Å². The summed E-state index contributed by atoms with van der Waals surface area (Å²) >= 11 is 0. The van der Waals surface area contributed by atoms with Gasteiger partial charge in [-0.25, -0.2) is 14.0 Å². The van der Waals surface area contributed by atoms with Crippen LogP contribution in [-0.2, 0) is 9.59 Å². The Morgan fingerprint density at radius 1 is 1.18 bits per heavy atom. The first-order valence-corrected chi connectivity index (χ1v) is 12.3. The van der Waals surface area contributed by atoms with Crippen molar-refractivity contribution in [2.75, 3.05) is 31.6 Å². The number of aromatic nitrogens is 1. The Bertz CT molecular complexity index is 1320. The fraction of sp³-hybridized carbons (Fsp3) is 0.520. The third kappa shape index (κ3) is 6.26. The van der Waals surface area contributed by atoms with Crippen LogP contribution in [0.25, 0.3) is 10.9 Å². The number of carbonyl (C=O) groups is 3. The van der Waals surface area contributed by atoms with Gasteiger partial charge in [0.2, 0.25) is 5.43 Å². The Labute approximate surface area is 228 Å². The van der Waals surface area contributed by atoms with Crippen molar-refractivity contribution in [3.63, 3.8) is 0 Å². The molecule has 0 bridgehead atoms. The van der Waals surface area contributed by atoms with E-state index in [4.69, 9.17) is 20.1 Å². The second-order valence-electron chi connectivity index (χ2n) is 9.77. The molecule has 1 aromatic carbocycles. The monoisotopic (exact) mass is 571 g/mol. The summed E-state index contributed by atoms with van der Waals surface area (Å²) in [5.74, 6) is -3.91. The summed E-state index contributed by atoms with van der Waals surface area (Å²) < 4.78 is 22.8. The van der Waals surface area contributed by atoms with Crippen molar-refractivity contribution in [2.45, 2.75) is 50.3 Å². The maximum absolute atomic E-state index is 15.3. The lowest BCUT2D eigenvalue weighted by Gasteiger charge is -2.25. The molecule has 1 aromatic heterocycles. The Morgan fingerprint density at radius 3 is 2.38 bits per heavy atom. The van der Waals surface area contributed by atoms with E-state index in [0.29, 0.717) is 35.5 Å². The molecule has 2 aliphatic heterocycles. The van der Waals surface area contributed by atoms with Gasteiger partial charge in [0.25, 0.3) is 0 Å². The first-order valence-electron chi connectivity index (χ1n) is 12.3. The lowest BCUT2D eigenvalue weighted by molar-refractivity contribution is -0.152. The van der Waals surface area contributed by atoms with Gasteiger partial charge in [0.1, 0.15) is 11.3 Å². The second kappa shape index (κ2) is 12.2. The number of benzene rings is 1. The van der Waals surface area contributed by atoms with Crippen LogP contribution in [0.2, 0.25) is 0 Å². The van der Waals surface area contributed by atoms with E-state index in [1.54, 1.807) is 4.57 Å². The van der Waals surface area contributed by atoms with Gasteiger partial charge in [-0.3, -0.25) is 9.59 Å². The second-order valence-corrected chi connectivity index (χ2v) is 9.77. The van der Waals surface area contributed by atoms with Crippen molar-refractivity contribution in [1.82, 2.24) is 9.88 Å². The van der Waals surface area contributed by atoms with Crippen LogP contribution in [0.15, 0.2) is 17.1 Å². The first-order chi connectivity index (χ1) is 18.0. The molecule has 5 rings (SSSR count). The number of aliphatic hydroxyl groups is 1. The Kier molecular flexibility index (Phi) is 9.41. The summed E-state index contributed by atoms with van der Waals surface area (Å²) in [6.45, 7) is 2.40. The number of aliphatic hydroxyl groups excluding tert-OH is 1. The lowest BCUT2D eigenvalue weighted by Crippen LogP contribution is -2.40. The molecule has 1 aliphatic carbocycles. The third-order valence-electron chi connectivity index (χ3n) is 7.14. The number of hydrogen-bond acceptors (Lipinski definition) is 8. The average molecular weight is 572 g/mol. The number of anilines is 1. The normalized spacial score (nSPS) is 20.7. The first kappa shape index (κ1) is 30.1. The Balaban J connectivity index is 0.000000366. The molecule has 214 valence electrons. The number of pyridine rings is 1. The summed E-state index contributed by atoms with van der Waals surface area (Å²) in [5.41, 5.74) is -0.155. The number of piperidine rings is 1. The SMILES string of the molecule is COc1c(N2C[C@@H]3CCCN[C@@H]3C2)c(F)cc2c(=O)c(C(=O)O)cn(C3CC3)c12.Cl.O=C(O)CC(O)C(=O)O. The van der Waals surface area contributed by atoms with Gasteiger partial charge < -0.3 is 39.9 Å². The van der Waals surface area contributed by atoms with Gasteiger partial charge in [0.15, 0.2) is 17.7 Å². The smallest absolute Gasteiger partial charge is 0.341 e. The summed E-state index contributed by atoms with van der Waals surface area (Å²) in [7, 11) is 1.48. The number of aliphatic carboxylic acids is 2. The molecule has 2 aromatic rings. The number of aromatic carboxylic acids is 1. The van der Waals surface area contributed by atoms with Crippen molar-refractivity contribution in [1.29, 1.82) is 0 Å².